The molecule has 0 bridgehead atoms. The molecule has 1 aromatic carbocycles. The summed E-state index contributed by atoms with van der Waals surface area (Å²) in [6.45, 7) is 2.32. The summed E-state index contributed by atoms with van der Waals surface area (Å²) in [6, 6.07) is 1.74. The minimum Gasteiger partial charge on any atom is -0.398 e. The second-order valence-electron chi connectivity index (χ2n) is 4.38. The Balaban J connectivity index is 2.76. The number of nitrogens with one attached hydrogen (secondary N) is 1. The first-order chi connectivity index (χ1) is 8.32. The van der Waals surface area contributed by atoms with Crippen molar-refractivity contribution in [3.63, 3.8) is 0 Å². The molecule has 0 radical (unpaired) electrons. The van der Waals surface area contributed by atoms with E-state index in [0.29, 0.717) is 6.54 Å². The zero-order chi connectivity index (χ0) is 13.9. The van der Waals surface area contributed by atoms with Gasteiger partial charge in [0.2, 0.25) is 0 Å². The monoisotopic (exact) mass is 257 g/mol. The van der Waals surface area contributed by atoms with E-state index in [0.717, 1.165) is 12.1 Å². The van der Waals surface area contributed by atoms with E-state index in [2.05, 4.69) is 5.32 Å². The molecule has 1 aromatic rings. The molecule has 0 aliphatic carbocycles. The first-order valence-corrected chi connectivity index (χ1v) is 5.52. The van der Waals surface area contributed by atoms with Gasteiger partial charge in [0, 0.05) is 24.3 Å². The average molecular weight is 257 g/mol. The van der Waals surface area contributed by atoms with Gasteiger partial charge >= 0.3 is 0 Å². The number of rotatable bonds is 4. The van der Waals surface area contributed by atoms with E-state index in [-0.39, 0.29) is 17.3 Å². The molecule has 0 saturated heterocycles. The van der Waals surface area contributed by atoms with Crippen LogP contribution in [-0.2, 0) is 0 Å². The number of likely N-dealkylation sites (N-methyl/N-ethyl adjacent to an activating group) is 1. The topological polar surface area (TPSA) is 58.4 Å². The molecule has 0 heterocycles. The number of nitrogens with zero attached hydrogens (tertiary/aromatic N) is 1. The Morgan fingerprint density at radius 1 is 1.39 bits per heavy atom. The third kappa shape index (κ3) is 3.40. The average Bonchev–Trinajstić information content (AvgIpc) is 2.30. The Morgan fingerprint density at radius 3 is 2.50 bits per heavy atom. The third-order valence-corrected chi connectivity index (χ3v) is 2.78. The summed E-state index contributed by atoms with van der Waals surface area (Å²) < 4.78 is 25.9. The third-order valence-electron chi connectivity index (χ3n) is 2.78. The molecule has 6 heteroatoms. The van der Waals surface area contributed by atoms with Gasteiger partial charge in [0.05, 0.1) is 5.56 Å². The predicted octanol–water partition coefficient (Wildman–Crippen LogP) is 1.23. The van der Waals surface area contributed by atoms with Crippen molar-refractivity contribution in [3.8, 4) is 0 Å². The summed E-state index contributed by atoms with van der Waals surface area (Å²) in [5, 5.41) is 2.62. The van der Waals surface area contributed by atoms with Crippen LogP contribution < -0.4 is 11.1 Å². The first-order valence-electron chi connectivity index (χ1n) is 5.52. The first kappa shape index (κ1) is 14.4. The molecule has 3 N–H and O–H groups in total. The van der Waals surface area contributed by atoms with E-state index in [1.165, 1.54) is 0 Å². The van der Waals surface area contributed by atoms with Crippen LogP contribution in [0.25, 0.3) is 0 Å². The lowest BCUT2D eigenvalue weighted by atomic mass is 10.1. The van der Waals surface area contributed by atoms with Crippen LogP contribution in [0.1, 0.15) is 17.3 Å². The molecule has 1 unspecified atom stereocenters. The van der Waals surface area contributed by atoms with E-state index < -0.39 is 17.5 Å². The van der Waals surface area contributed by atoms with Crippen molar-refractivity contribution in [1.82, 2.24) is 10.2 Å². The highest BCUT2D eigenvalue weighted by atomic mass is 19.2. The van der Waals surface area contributed by atoms with Crippen molar-refractivity contribution in [1.29, 1.82) is 0 Å². The fourth-order valence-electron chi connectivity index (χ4n) is 1.28. The lowest BCUT2D eigenvalue weighted by Crippen LogP contribution is -2.38. The summed E-state index contributed by atoms with van der Waals surface area (Å²) in [5.41, 5.74) is 5.34. The van der Waals surface area contributed by atoms with Crippen molar-refractivity contribution < 1.29 is 13.6 Å². The van der Waals surface area contributed by atoms with Gasteiger partial charge in [-0.2, -0.15) is 0 Å². The highest BCUT2D eigenvalue weighted by Gasteiger charge is 2.15. The zero-order valence-electron chi connectivity index (χ0n) is 10.6. The van der Waals surface area contributed by atoms with Crippen LogP contribution in [0, 0.1) is 11.6 Å². The molecule has 1 rings (SSSR count). The van der Waals surface area contributed by atoms with Crippen molar-refractivity contribution in [2.24, 2.45) is 0 Å². The van der Waals surface area contributed by atoms with Gasteiger partial charge < -0.3 is 16.0 Å². The minimum absolute atomic E-state index is 0.0557. The highest BCUT2D eigenvalue weighted by molar-refractivity contribution is 5.99. The summed E-state index contributed by atoms with van der Waals surface area (Å²) in [4.78, 5) is 13.7. The van der Waals surface area contributed by atoms with Gasteiger partial charge in [0.25, 0.3) is 5.91 Å². The number of anilines is 1. The Kier molecular flexibility index (Phi) is 4.61. The van der Waals surface area contributed by atoms with E-state index in [9.17, 15) is 13.6 Å². The minimum atomic E-state index is -1.09. The van der Waals surface area contributed by atoms with Crippen LogP contribution in [0.5, 0.6) is 0 Å². The number of nitrogen functional groups attached to an aromatic ring is 1. The number of hydrogen-bond donors (Lipinski definition) is 2. The SMILES string of the molecule is CC(CNC(=O)c1cc(F)c(F)cc1N)N(C)C. The molecule has 1 amide bonds. The van der Waals surface area contributed by atoms with Gasteiger partial charge in [-0.25, -0.2) is 8.78 Å². The molecule has 0 fully saturated rings. The Hall–Kier alpha value is -1.69. The van der Waals surface area contributed by atoms with Crippen molar-refractivity contribution >= 4 is 11.6 Å². The van der Waals surface area contributed by atoms with Crippen LogP contribution in [0.3, 0.4) is 0 Å². The Morgan fingerprint density at radius 2 is 1.94 bits per heavy atom. The van der Waals surface area contributed by atoms with Crippen LogP contribution in [-0.4, -0.2) is 37.5 Å². The lowest BCUT2D eigenvalue weighted by Gasteiger charge is -2.20. The quantitative estimate of drug-likeness (QED) is 0.798. The molecule has 0 aliphatic heterocycles. The molecule has 0 aliphatic rings. The van der Waals surface area contributed by atoms with Crippen LogP contribution >= 0.6 is 0 Å². The van der Waals surface area contributed by atoms with E-state index in [1.807, 2.05) is 25.9 Å². The van der Waals surface area contributed by atoms with Gasteiger partial charge in [-0.05, 0) is 27.1 Å². The number of carbonyl (C=O) groups excluding carboxylic acids is 1. The van der Waals surface area contributed by atoms with Gasteiger partial charge in [0.1, 0.15) is 0 Å². The number of carbonyl (C=O) groups is 1. The largest absolute Gasteiger partial charge is 0.398 e. The molecule has 18 heavy (non-hydrogen) atoms. The van der Waals surface area contributed by atoms with Gasteiger partial charge in [0.15, 0.2) is 11.6 Å². The van der Waals surface area contributed by atoms with Gasteiger partial charge in [-0.3, -0.25) is 4.79 Å². The Bertz CT molecular complexity index is 449. The van der Waals surface area contributed by atoms with E-state index in [4.69, 9.17) is 5.73 Å². The molecular weight excluding hydrogens is 240 g/mol. The maximum atomic E-state index is 13.0. The molecule has 0 aromatic heterocycles. The molecule has 100 valence electrons. The number of amides is 1. The number of hydrogen-bond acceptors (Lipinski definition) is 3. The summed E-state index contributed by atoms with van der Waals surface area (Å²) >= 11 is 0. The molecule has 0 spiro atoms. The normalized spacial score (nSPS) is 12.6. The number of halogens is 2. The second-order valence-corrected chi connectivity index (χ2v) is 4.38. The molecule has 1 atom stereocenters. The van der Waals surface area contributed by atoms with Crippen LogP contribution in [0.15, 0.2) is 12.1 Å². The molecule has 0 saturated carbocycles. The smallest absolute Gasteiger partial charge is 0.253 e. The van der Waals surface area contributed by atoms with Gasteiger partial charge in [-0.1, -0.05) is 0 Å². The Labute approximate surface area is 105 Å². The summed E-state index contributed by atoms with van der Waals surface area (Å²) in [5.74, 6) is -2.67. The van der Waals surface area contributed by atoms with Crippen molar-refractivity contribution in [3.05, 3.63) is 29.3 Å². The number of benzene rings is 1. The van der Waals surface area contributed by atoms with E-state index >= 15 is 0 Å². The maximum absolute atomic E-state index is 13.0. The summed E-state index contributed by atoms with van der Waals surface area (Å²) in [6.07, 6.45) is 0. The zero-order valence-corrected chi connectivity index (χ0v) is 10.6. The summed E-state index contributed by atoms with van der Waals surface area (Å²) in [7, 11) is 3.76. The van der Waals surface area contributed by atoms with Gasteiger partial charge in [-0.15, -0.1) is 0 Å². The van der Waals surface area contributed by atoms with Crippen molar-refractivity contribution in [2.75, 3.05) is 26.4 Å². The fraction of sp³-hybridized carbons (Fsp3) is 0.417. The molecule has 4 nitrogen and oxygen atoms in total. The second kappa shape index (κ2) is 5.77. The van der Waals surface area contributed by atoms with Crippen molar-refractivity contribution in [2.45, 2.75) is 13.0 Å². The standard InChI is InChI=1S/C12H17F2N3O/c1-7(17(2)3)6-16-12(18)8-4-9(13)10(14)5-11(8)15/h4-5,7H,6,15H2,1-3H3,(H,16,18). The number of nitrogens with two attached hydrogens (primary N) is 1. The van der Waals surface area contributed by atoms with Crippen LogP contribution in [0.4, 0.5) is 14.5 Å². The lowest BCUT2D eigenvalue weighted by molar-refractivity contribution is 0.0944. The van der Waals surface area contributed by atoms with Crippen LogP contribution in [0.2, 0.25) is 0 Å². The highest BCUT2D eigenvalue weighted by Crippen LogP contribution is 2.16. The predicted molar refractivity (Wildman–Crippen MR) is 66.3 cm³/mol. The maximum Gasteiger partial charge on any atom is 0.253 e. The fourth-order valence-corrected chi connectivity index (χ4v) is 1.28. The van der Waals surface area contributed by atoms with E-state index in [1.54, 1.807) is 0 Å². The molecular formula is C12H17F2N3O.